The molecule has 1 saturated carbocycles. The predicted molar refractivity (Wildman–Crippen MR) is 69.3 cm³/mol. The molecule has 120 valence electrons. The van der Waals surface area contributed by atoms with Crippen LogP contribution in [0.1, 0.15) is 25.7 Å². The van der Waals surface area contributed by atoms with Crippen molar-refractivity contribution < 1.29 is 28.2 Å². The van der Waals surface area contributed by atoms with Crippen LogP contribution in [0, 0.1) is 5.92 Å². The molecule has 0 aromatic heterocycles. The standard InChI is InChI=1S/C13H20F2N2O4/c14-13(15)7-17(5-6-21-8-13)12(20)16-10-3-1-9(2-4-10)11(18)19/h9-10H,1-8H2,(H,16,20)(H,18,19). The number of nitrogens with zero attached hydrogens (tertiary/aromatic N) is 1. The van der Waals surface area contributed by atoms with Crippen LogP contribution in [0.3, 0.4) is 0 Å². The summed E-state index contributed by atoms with van der Waals surface area (Å²) in [5, 5.41) is 11.6. The van der Waals surface area contributed by atoms with Crippen molar-refractivity contribution in [3.05, 3.63) is 0 Å². The summed E-state index contributed by atoms with van der Waals surface area (Å²) in [6, 6.07) is -0.676. The Morgan fingerprint density at radius 1 is 1.24 bits per heavy atom. The number of halogens is 2. The van der Waals surface area contributed by atoms with Gasteiger partial charge in [0, 0.05) is 12.6 Å². The Hall–Kier alpha value is -1.44. The second kappa shape index (κ2) is 6.55. The third-order valence-electron chi connectivity index (χ3n) is 3.93. The van der Waals surface area contributed by atoms with Gasteiger partial charge >= 0.3 is 12.0 Å². The van der Waals surface area contributed by atoms with E-state index in [2.05, 4.69) is 5.32 Å². The summed E-state index contributed by atoms with van der Waals surface area (Å²) >= 11 is 0. The zero-order valence-electron chi connectivity index (χ0n) is 11.7. The smallest absolute Gasteiger partial charge is 0.317 e. The van der Waals surface area contributed by atoms with Crippen LogP contribution in [-0.2, 0) is 9.53 Å². The fourth-order valence-electron chi connectivity index (χ4n) is 2.72. The molecule has 21 heavy (non-hydrogen) atoms. The molecule has 2 amide bonds. The van der Waals surface area contributed by atoms with E-state index in [1.165, 1.54) is 0 Å². The quantitative estimate of drug-likeness (QED) is 0.806. The van der Waals surface area contributed by atoms with E-state index < -0.39 is 31.1 Å². The maximum Gasteiger partial charge on any atom is 0.317 e. The molecular formula is C13H20F2N2O4. The third-order valence-corrected chi connectivity index (χ3v) is 3.93. The topological polar surface area (TPSA) is 78.9 Å². The molecule has 2 rings (SSSR count). The van der Waals surface area contributed by atoms with Gasteiger partial charge in [0.15, 0.2) is 0 Å². The van der Waals surface area contributed by atoms with Gasteiger partial charge in [0.1, 0.15) is 6.61 Å². The number of amides is 2. The molecule has 0 spiro atoms. The molecule has 0 radical (unpaired) electrons. The zero-order chi connectivity index (χ0) is 15.5. The monoisotopic (exact) mass is 306 g/mol. The minimum absolute atomic E-state index is 0.0920. The molecule has 1 aliphatic heterocycles. The minimum atomic E-state index is -3.03. The number of carboxylic acids is 1. The Morgan fingerprint density at radius 3 is 2.52 bits per heavy atom. The highest BCUT2D eigenvalue weighted by molar-refractivity contribution is 5.75. The molecule has 0 aromatic rings. The molecule has 0 unspecified atom stereocenters. The number of carboxylic acid groups (broad SMARTS) is 1. The van der Waals surface area contributed by atoms with Crippen LogP contribution in [0.15, 0.2) is 0 Å². The minimum Gasteiger partial charge on any atom is -0.481 e. The van der Waals surface area contributed by atoms with Gasteiger partial charge in [0.05, 0.1) is 19.1 Å². The highest BCUT2D eigenvalue weighted by Crippen LogP contribution is 2.25. The molecule has 1 heterocycles. The molecular weight excluding hydrogens is 286 g/mol. The fourth-order valence-corrected chi connectivity index (χ4v) is 2.72. The van der Waals surface area contributed by atoms with E-state index in [0.717, 1.165) is 4.90 Å². The van der Waals surface area contributed by atoms with Crippen molar-refractivity contribution in [2.75, 3.05) is 26.3 Å². The van der Waals surface area contributed by atoms with Crippen LogP contribution < -0.4 is 5.32 Å². The van der Waals surface area contributed by atoms with E-state index in [-0.39, 0.29) is 25.1 Å². The van der Waals surface area contributed by atoms with Crippen molar-refractivity contribution in [3.63, 3.8) is 0 Å². The molecule has 2 fully saturated rings. The summed E-state index contributed by atoms with van der Waals surface area (Å²) in [6.45, 7) is -1.09. The Labute approximate surface area is 121 Å². The lowest BCUT2D eigenvalue weighted by Gasteiger charge is -2.30. The highest BCUT2D eigenvalue weighted by Gasteiger charge is 2.37. The molecule has 1 aliphatic carbocycles. The first-order valence-corrected chi connectivity index (χ1v) is 7.11. The number of carbonyl (C=O) groups excluding carboxylic acids is 1. The predicted octanol–water partition coefficient (Wildman–Crippen LogP) is 1.31. The van der Waals surface area contributed by atoms with Crippen molar-refractivity contribution >= 4 is 12.0 Å². The van der Waals surface area contributed by atoms with Crippen molar-refractivity contribution in [3.8, 4) is 0 Å². The lowest BCUT2D eigenvalue weighted by atomic mass is 9.86. The highest BCUT2D eigenvalue weighted by atomic mass is 19.3. The van der Waals surface area contributed by atoms with Gasteiger partial charge in [0.25, 0.3) is 5.92 Å². The Balaban J connectivity index is 1.83. The van der Waals surface area contributed by atoms with Gasteiger partial charge in [-0.1, -0.05) is 0 Å². The summed E-state index contributed by atoms with van der Waals surface area (Å²) in [4.78, 5) is 23.9. The summed E-state index contributed by atoms with van der Waals surface area (Å²) in [5.41, 5.74) is 0. The van der Waals surface area contributed by atoms with Crippen molar-refractivity contribution in [1.82, 2.24) is 10.2 Å². The van der Waals surface area contributed by atoms with Crippen LogP contribution >= 0.6 is 0 Å². The molecule has 8 heteroatoms. The van der Waals surface area contributed by atoms with E-state index in [9.17, 15) is 18.4 Å². The summed E-state index contributed by atoms with van der Waals surface area (Å²) in [6.07, 6.45) is 2.12. The van der Waals surface area contributed by atoms with Gasteiger partial charge in [-0.2, -0.15) is 0 Å². The van der Waals surface area contributed by atoms with E-state index in [1.54, 1.807) is 0 Å². The lowest BCUT2D eigenvalue weighted by molar-refractivity contribution is -0.142. The first kappa shape index (κ1) is 15.9. The zero-order valence-corrected chi connectivity index (χ0v) is 11.7. The van der Waals surface area contributed by atoms with Crippen LogP contribution in [0.4, 0.5) is 13.6 Å². The average molecular weight is 306 g/mol. The lowest BCUT2D eigenvalue weighted by Crippen LogP contribution is -2.49. The van der Waals surface area contributed by atoms with Gasteiger partial charge in [-0.15, -0.1) is 0 Å². The first-order valence-electron chi connectivity index (χ1n) is 7.11. The number of carbonyl (C=O) groups is 2. The first-order chi connectivity index (χ1) is 9.87. The fraction of sp³-hybridized carbons (Fsp3) is 0.846. The number of urea groups is 1. The number of hydrogen-bond acceptors (Lipinski definition) is 3. The van der Waals surface area contributed by atoms with E-state index in [4.69, 9.17) is 9.84 Å². The van der Waals surface area contributed by atoms with Crippen molar-refractivity contribution in [1.29, 1.82) is 0 Å². The summed E-state index contributed by atoms with van der Waals surface area (Å²) in [7, 11) is 0. The number of aliphatic carboxylic acids is 1. The molecule has 2 N–H and O–H groups in total. The number of ether oxygens (including phenoxy) is 1. The SMILES string of the molecule is O=C(O)C1CCC(NC(=O)N2CCOCC(F)(F)C2)CC1. The normalized spacial score (nSPS) is 29.5. The maximum absolute atomic E-state index is 13.4. The maximum atomic E-state index is 13.4. The van der Waals surface area contributed by atoms with Gasteiger partial charge in [-0.3, -0.25) is 4.79 Å². The van der Waals surface area contributed by atoms with Gasteiger partial charge in [-0.05, 0) is 25.7 Å². The molecule has 0 aromatic carbocycles. The average Bonchev–Trinajstić information content (AvgIpc) is 2.60. The van der Waals surface area contributed by atoms with E-state index in [1.807, 2.05) is 0 Å². The van der Waals surface area contributed by atoms with Gasteiger partial charge in [0.2, 0.25) is 0 Å². The molecule has 1 saturated heterocycles. The molecule has 0 atom stereocenters. The second-order valence-electron chi connectivity index (χ2n) is 5.67. The van der Waals surface area contributed by atoms with Crippen LogP contribution in [0.25, 0.3) is 0 Å². The Bertz CT molecular complexity index is 398. The number of alkyl halides is 2. The largest absolute Gasteiger partial charge is 0.481 e. The molecule has 0 bridgehead atoms. The molecule has 2 aliphatic rings. The number of rotatable bonds is 2. The van der Waals surface area contributed by atoms with Crippen LogP contribution in [0.2, 0.25) is 0 Å². The van der Waals surface area contributed by atoms with Crippen molar-refractivity contribution in [2.24, 2.45) is 5.92 Å². The van der Waals surface area contributed by atoms with Gasteiger partial charge < -0.3 is 20.1 Å². The molecule has 6 nitrogen and oxygen atoms in total. The Morgan fingerprint density at radius 2 is 1.90 bits per heavy atom. The van der Waals surface area contributed by atoms with E-state index in [0.29, 0.717) is 25.7 Å². The number of nitrogens with one attached hydrogen (secondary N) is 1. The van der Waals surface area contributed by atoms with Gasteiger partial charge in [-0.25, -0.2) is 13.6 Å². The summed E-state index contributed by atoms with van der Waals surface area (Å²) in [5.74, 6) is -4.22. The van der Waals surface area contributed by atoms with Crippen LogP contribution in [0.5, 0.6) is 0 Å². The van der Waals surface area contributed by atoms with E-state index >= 15 is 0 Å². The van der Waals surface area contributed by atoms with Crippen molar-refractivity contribution in [2.45, 2.75) is 37.6 Å². The third kappa shape index (κ3) is 4.52. The Kier molecular flexibility index (Phi) is 4.97. The van der Waals surface area contributed by atoms with Crippen LogP contribution in [-0.4, -0.2) is 60.3 Å². The summed E-state index contributed by atoms with van der Waals surface area (Å²) < 4.78 is 31.5. The number of hydrogen-bond donors (Lipinski definition) is 2. The second-order valence-corrected chi connectivity index (χ2v) is 5.67.